The second kappa shape index (κ2) is 5.34. The first-order valence-corrected chi connectivity index (χ1v) is 5.97. The molecule has 1 fully saturated rings. The molecule has 5 heteroatoms. The van der Waals surface area contributed by atoms with Crippen molar-refractivity contribution in [3.05, 3.63) is 11.5 Å². The Labute approximate surface area is 100 Å². The zero-order chi connectivity index (χ0) is 11.4. The second-order valence-corrected chi connectivity index (χ2v) is 4.42. The molecule has 0 aliphatic heterocycles. The number of hydrogen-bond acceptors (Lipinski definition) is 4. The molecular formula is C11H16ClN3O. The van der Waals surface area contributed by atoms with Crippen LogP contribution < -0.4 is 10.1 Å². The van der Waals surface area contributed by atoms with Crippen molar-refractivity contribution in [2.75, 3.05) is 19.0 Å². The summed E-state index contributed by atoms with van der Waals surface area (Å²) in [6, 6.07) is 0. The highest BCUT2D eigenvalue weighted by molar-refractivity contribution is 6.31. The third kappa shape index (κ3) is 2.98. The molecule has 0 spiro atoms. The fourth-order valence-electron chi connectivity index (χ4n) is 1.66. The van der Waals surface area contributed by atoms with Gasteiger partial charge in [0.2, 0.25) is 0 Å². The van der Waals surface area contributed by atoms with Gasteiger partial charge >= 0.3 is 0 Å². The molecule has 88 valence electrons. The normalized spacial score (nSPS) is 14.9. The van der Waals surface area contributed by atoms with Gasteiger partial charge < -0.3 is 10.1 Å². The Kier molecular flexibility index (Phi) is 3.83. The van der Waals surface area contributed by atoms with Crippen LogP contribution in [0.2, 0.25) is 5.15 Å². The zero-order valence-electron chi connectivity index (χ0n) is 9.37. The summed E-state index contributed by atoms with van der Waals surface area (Å²) in [7, 11) is 1.57. The van der Waals surface area contributed by atoms with Crippen molar-refractivity contribution in [2.45, 2.75) is 25.7 Å². The number of nitrogens with zero attached hydrogens (tertiary/aromatic N) is 2. The molecule has 4 nitrogen and oxygen atoms in total. The van der Waals surface area contributed by atoms with Gasteiger partial charge in [0.1, 0.15) is 6.33 Å². The fourth-order valence-corrected chi connectivity index (χ4v) is 1.87. The maximum Gasteiger partial charge on any atom is 0.198 e. The van der Waals surface area contributed by atoms with Gasteiger partial charge in [-0.2, -0.15) is 0 Å². The molecule has 1 aliphatic rings. The van der Waals surface area contributed by atoms with Crippen LogP contribution in [0.3, 0.4) is 0 Å². The molecule has 2 rings (SSSR count). The van der Waals surface area contributed by atoms with Crippen molar-refractivity contribution >= 4 is 17.4 Å². The van der Waals surface area contributed by atoms with E-state index in [1.807, 2.05) is 0 Å². The van der Waals surface area contributed by atoms with Gasteiger partial charge in [-0.1, -0.05) is 24.4 Å². The van der Waals surface area contributed by atoms with Gasteiger partial charge in [-0.3, -0.25) is 0 Å². The average Bonchev–Trinajstić information content (AvgIpc) is 3.08. The Bertz CT molecular complexity index is 355. The second-order valence-electron chi connectivity index (χ2n) is 4.06. The minimum absolute atomic E-state index is 0.349. The molecule has 1 aliphatic carbocycles. The molecule has 16 heavy (non-hydrogen) atoms. The van der Waals surface area contributed by atoms with Crippen molar-refractivity contribution in [3.8, 4) is 5.75 Å². The minimum atomic E-state index is 0.349. The van der Waals surface area contributed by atoms with Crippen molar-refractivity contribution < 1.29 is 4.74 Å². The van der Waals surface area contributed by atoms with Crippen LogP contribution in [-0.2, 0) is 0 Å². The fraction of sp³-hybridized carbons (Fsp3) is 0.636. The molecule has 1 saturated carbocycles. The van der Waals surface area contributed by atoms with Crippen LogP contribution in [0.15, 0.2) is 6.33 Å². The molecule has 0 radical (unpaired) electrons. The molecule has 0 atom stereocenters. The number of halogens is 1. The molecular weight excluding hydrogens is 226 g/mol. The highest BCUT2D eigenvalue weighted by Crippen LogP contribution is 2.33. The van der Waals surface area contributed by atoms with Crippen molar-refractivity contribution in [1.82, 2.24) is 9.97 Å². The first-order valence-electron chi connectivity index (χ1n) is 5.59. The lowest BCUT2D eigenvalue weighted by molar-refractivity contribution is 0.413. The number of rotatable bonds is 6. The summed E-state index contributed by atoms with van der Waals surface area (Å²) >= 11 is 5.89. The van der Waals surface area contributed by atoms with E-state index in [1.54, 1.807) is 7.11 Å². The lowest BCUT2D eigenvalue weighted by Gasteiger charge is -2.09. The number of nitrogens with one attached hydrogen (secondary N) is 1. The van der Waals surface area contributed by atoms with E-state index in [1.165, 1.54) is 25.6 Å². The van der Waals surface area contributed by atoms with Crippen molar-refractivity contribution in [2.24, 2.45) is 5.92 Å². The summed E-state index contributed by atoms with van der Waals surface area (Å²) in [6.45, 7) is 0.903. The summed E-state index contributed by atoms with van der Waals surface area (Å²) < 4.78 is 5.15. The van der Waals surface area contributed by atoms with Crippen molar-refractivity contribution in [1.29, 1.82) is 0 Å². The lowest BCUT2D eigenvalue weighted by Crippen LogP contribution is -2.06. The van der Waals surface area contributed by atoms with E-state index in [4.69, 9.17) is 16.3 Å². The van der Waals surface area contributed by atoms with E-state index in [-0.39, 0.29) is 0 Å². The summed E-state index contributed by atoms with van der Waals surface area (Å²) in [5.74, 6) is 2.17. The third-order valence-electron chi connectivity index (χ3n) is 2.74. The van der Waals surface area contributed by atoms with Crippen molar-refractivity contribution in [3.63, 3.8) is 0 Å². The van der Waals surface area contributed by atoms with E-state index in [9.17, 15) is 0 Å². The molecule has 0 amide bonds. The van der Waals surface area contributed by atoms with Gasteiger partial charge in [-0.25, -0.2) is 9.97 Å². The van der Waals surface area contributed by atoms with Gasteiger partial charge in [-0.15, -0.1) is 0 Å². The predicted octanol–water partition coefficient (Wildman–Crippen LogP) is 2.74. The first kappa shape index (κ1) is 11.5. The SMILES string of the molecule is COc1c(Cl)ncnc1NCCCC1CC1. The molecule has 0 aromatic carbocycles. The summed E-state index contributed by atoms with van der Waals surface area (Å²) in [5.41, 5.74) is 0. The van der Waals surface area contributed by atoms with Crippen LogP contribution >= 0.6 is 11.6 Å². The molecule has 0 bridgehead atoms. The standard InChI is InChI=1S/C11H16ClN3O/c1-16-9-10(12)14-7-15-11(9)13-6-2-3-8-4-5-8/h7-8H,2-6H2,1H3,(H,13,14,15). The molecule has 0 unspecified atom stereocenters. The van der Waals surface area contributed by atoms with Gasteiger partial charge in [0, 0.05) is 6.54 Å². The first-order chi connectivity index (χ1) is 7.81. The molecule has 1 aromatic rings. The van der Waals surface area contributed by atoms with E-state index >= 15 is 0 Å². The van der Waals surface area contributed by atoms with Gasteiger partial charge in [0.05, 0.1) is 7.11 Å². The van der Waals surface area contributed by atoms with Gasteiger partial charge in [0.15, 0.2) is 16.7 Å². The topological polar surface area (TPSA) is 47.0 Å². The Balaban J connectivity index is 1.84. The van der Waals surface area contributed by atoms with Crippen LogP contribution in [0.5, 0.6) is 5.75 Å². The number of ether oxygens (including phenoxy) is 1. The monoisotopic (exact) mass is 241 g/mol. The Morgan fingerprint density at radius 2 is 2.31 bits per heavy atom. The largest absolute Gasteiger partial charge is 0.490 e. The lowest BCUT2D eigenvalue weighted by atomic mass is 10.2. The van der Waals surface area contributed by atoms with Crippen LogP contribution in [-0.4, -0.2) is 23.6 Å². The quantitative estimate of drug-likeness (QED) is 0.615. The van der Waals surface area contributed by atoms with E-state index in [0.717, 1.165) is 18.9 Å². The molecule has 1 heterocycles. The van der Waals surface area contributed by atoms with E-state index in [0.29, 0.717) is 16.7 Å². The average molecular weight is 242 g/mol. The predicted molar refractivity (Wildman–Crippen MR) is 64.0 cm³/mol. The Hall–Kier alpha value is -1.03. The highest BCUT2D eigenvalue weighted by atomic mass is 35.5. The Morgan fingerprint density at radius 1 is 1.50 bits per heavy atom. The van der Waals surface area contributed by atoms with E-state index < -0.39 is 0 Å². The summed E-state index contributed by atoms with van der Waals surface area (Å²) in [6.07, 6.45) is 6.71. The Morgan fingerprint density at radius 3 is 3.00 bits per heavy atom. The summed E-state index contributed by atoms with van der Waals surface area (Å²) in [4.78, 5) is 7.98. The highest BCUT2D eigenvalue weighted by Gasteiger charge is 2.20. The molecule has 1 N–H and O–H groups in total. The maximum atomic E-state index is 5.89. The molecule has 0 saturated heterocycles. The van der Waals surface area contributed by atoms with Gasteiger partial charge in [0.25, 0.3) is 0 Å². The smallest absolute Gasteiger partial charge is 0.198 e. The number of hydrogen-bond donors (Lipinski definition) is 1. The van der Waals surface area contributed by atoms with Crippen LogP contribution in [0, 0.1) is 5.92 Å². The van der Waals surface area contributed by atoms with E-state index in [2.05, 4.69) is 15.3 Å². The minimum Gasteiger partial charge on any atom is -0.490 e. The van der Waals surface area contributed by atoms with Crippen LogP contribution in [0.25, 0.3) is 0 Å². The third-order valence-corrected chi connectivity index (χ3v) is 3.01. The maximum absolute atomic E-state index is 5.89. The van der Waals surface area contributed by atoms with Crippen LogP contribution in [0.4, 0.5) is 5.82 Å². The summed E-state index contributed by atoms with van der Waals surface area (Å²) in [5, 5.41) is 3.58. The molecule has 1 aromatic heterocycles. The number of methoxy groups -OCH3 is 1. The zero-order valence-corrected chi connectivity index (χ0v) is 10.1. The van der Waals surface area contributed by atoms with Gasteiger partial charge in [-0.05, 0) is 18.8 Å². The number of aromatic nitrogens is 2. The number of anilines is 1. The van der Waals surface area contributed by atoms with Crippen LogP contribution in [0.1, 0.15) is 25.7 Å².